The van der Waals surface area contributed by atoms with Gasteiger partial charge in [-0.05, 0) is 18.9 Å². The molecular weight excluding hydrogens is 486 g/mol. The molecule has 0 spiro atoms. The van der Waals surface area contributed by atoms with E-state index in [1.54, 1.807) is 28.8 Å². The van der Waals surface area contributed by atoms with Gasteiger partial charge in [0.05, 0.1) is 38.9 Å². The Hall–Kier alpha value is -3.23. The molecule has 0 radical (unpaired) electrons. The van der Waals surface area contributed by atoms with Gasteiger partial charge in [0.15, 0.2) is 21.6 Å². The maximum atomic E-state index is 13.4. The third-order valence-electron chi connectivity index (χ3n) is 5.88. The van der Waals surface area contributed by atoms with E-state index < -0.39 is 5.92 Å². The monoisotopic (exact) mass is 513 g/mol. The molecular formula is C24H27N5O4S2. The molecule has 0 bridgehead atoms. The Labute approximate surface area is 212 Å². The lowest BCUT2D eigenvalue weighted by Crippen LogP contribution is -2.38. The Morgan fingerprint density at radius 2 is 1.91 bits per heavy atom. The first-order valence-electron chi connectivity index (χ1n) is 11.1. The molecule has 1 unspecified atom stereocenters. The van der Waals surface area contributed by atoms with Crippen molar-refractivity contribution in [3.63, 3.8) is 0 Å². The number of benzene rings is 1. The third kappa shape index (κ3) is 4.32. The van der Waals surface area contributed by atoms with E-state index in [0.717, 1.165) is 10.0 Å². The fraction of sp³-hybridized carbons (Fsp3) is 0.417. The Bertz CT molecular complexity index is 1260. The van der Waals surface area contributed by atoms with Gasteiger partial charge in [-0.25, -0.2) is 0 Å². The minimum absolute atomic E-state index is 0.0281. The van der Waals surface area contributed by atoms with Crippen molar-refractivity contribution < 1.29 is 19.0 Å². The molecule has 1 aromatic carbocycles. The summed E-state index contributed by atoms with van der Waals surface area (Å²) < 4.78 is 17.5. The van der Waals surface area contributed by atoms with Gasteiger partial charge in [0.1, 0.15) is 5.82 Å². The van der Waals surface area contributed by atoms with Crippen molar-refractivity contribution in [2.45, 2.75) is 48.6 Å². The zero-order valence-electron chi connectivity index (χ0n) is 20.2. The minimum Gasteiger partial charge on any atom is -0.493 e. The standard InChI is InChI=1S/C24H27N5O4S2/c1-12(2)34-24-28-27-23(35-24)29-15-7-6-8-16(30)19(15)18(14(11-25)22(29)26)13-9-10-17(31-3)21(33-5)20(13)32-4/h9-10,12,18H,6-8,26H2,1-5H3. The average molecular weight is 514 g/mol. The molecule has 1 aromatic heterocycles. The summed E-state index contributed by atoms with van der Waals surface area (Å²) in [4.78, 5) is 15.1. The zero-order valence-corrected chi connectivity index (χ0v) is 21.9. The number of nitrogens with two attached hydrogens (primary N) is 1. The quantitative estimate of drug-likeness (QED) is 0.534. The van der Waals surface area contributed by atoms with Crippen molar-refractivity contribution in [1.29, 1.82) is 5.26 Å². The van der Waals surface area contributed by atoms with Gasteiger partial charge in [0.25, 0.3) is 0 Å². The Morgan fingerprint density at radius 1 is 1.17 bits per heavy atom. The number of nitrogens with zero attached hydrogens (tertiary/aromatic N) is 4. The highest BCUT2D eigenvalue weighted by atomic mass is 32.2. The predicted molar refractivity (Wildman–Crippen MR) is 135 cm³/mol. The van der Waals surface area contributed by atoms with Crippen LogP contribution >= 0.6 is 23.1 Å². The van der Waals surface area contributed by atoms with E-state index >= 15 is 0 Å². The second-order valence-electron chi connectivity index (χ2n) is 8.26. The summed E-state index contributed by atoms with van der Waals surface area (Å²) in [5.74, 6) is 0.762. The summed E-state index contributed by atoms with van der Waals surface area (Å²) in [5.41, 5.74) is 8.78. The van der Waals surface area contributed by atoms with Crippen LogP contribution in [0.4, 0.5) is 5.13 Å². The van der Waals surface area contributed by atoms with Gasteiger partial charge < -0.3 is 19.9 Å². The van der Waals surface area contributed by atoms with Crippen molar-refractivity contribution in [2.24, 2.45) is 5.73 Å². The van der Waals surface area contributed by atoms with E-state index in [4.69, 9.17) is 19.9 Å². The van der Waals surface area contributed by atoms with Crippen LogP contribution < -0.4 is 24.8 Å². The van der Waals surface area contributed by atoms with E-state index in [1.165, 1.54) is 32.7 Å². The Kier molecular flexibility index (Phi) is 7.23. The topological polar surface area (TPSA) is 124 Å². The molecule has 35 heavy (non-hydrogen) atoms. The van der Waals surface area contributed by atoms with Gasteiger partial charge in [0.2, 0.25) is 10.9 Å². The minimum atomic E-state index is -0.703. The number of hydrogen-bond donors (Lipinski definition) is 1. The van der Waals surface area contributed by atoms with Crippen molar-refractivity contribution in [1.82, 2.24) is 10.2 Å². The first kappa shape index (κ1) is 24.9. The lowest BCUT2D eigenvalue weighted by molar-refractivity contribution is -0.116. The third-order valence-corrected chi connectivity index (χ3v) is 7.88. The van der Waals surface area contributed by atoms with E-state index in [0.29, 0.717) is 58.0 Å². The molecule has 1 atom stereocenters. The molecule has 0 amide bonds. The van der Waals surface area contributed by atoms with Crippen LogP contribution in [0.3, 0.4) is 0 Å². The molecule has 0 fully saturated rings. The number of thioether (sulfide) groups is 1. The van der Waals surface area contributed by atoms with Gasteiger partial charge in [-0.15, -0.1) is 10.2 Å². The van der Waals surface area contributed by atoms with Crippen LogP contribution in [0, 0.1) is 11.3 Å². The number of hydrogen-bond acceptors (Lipinski definition) is 11. The average Bonchev–Trinajstić information content (AvgIpc) is 3.29. The van der Waals surface area contributed by atoms with Crippen molar-refractivity contribution in [3.05, 3.63) is 40.4 Å². The van der Waals surface area contributed by atoms with Gasteiger partial charge in [0, 0.05) is 28.5 Å². The van der Waals surface area contributed by atoms with Gasteiger partial charge in [-0.2, -0.15) is 5.26 Å². The molecule has 2 N–H and O–H groups in total. The lowest BCUT2D eigenvalue weighted by Gasteiger charge is -2.38. The van der Waals surface area contributed by atoms with Crippen LogP contribution in [0.5, 0.6) is 17.2 Å². The Balaban J connectivity index is 1.95. The van der Waals surface area contributed by atoms with Crippen molar-refractivity contribution in [3.8, 4) is 23.3 Å². The maximum absolute atomic E-state index is 13.4. The summed E-state index contributed by atoms with van der Waals surface area (Å²) in [6.07, 6.45) is 1.70. The highest BCUT2D eigenvalue weighted by Crippen LogP contribution is 2.52. The molecule has 2 aliphatic rings. The second-order valence-corrected chi connectivity index (χ2v) is 11.0. The number of ketones is 1. The van der Waals surface area contributed by atoms with E-state index in [1.807, 2.05) is 0 Å². The number of allylic oxidation sites excluding steroid dienone is 3. The van der Waals surface area contributed by atoms with Crippen LogP contribution in [-0.4, -0.2) is 42.6 Å². The fourth-order valence-electron chi connectivity index (χ4n) is 4.51. The molecule has 0 saturated heterocycles. The summed E-state index contributed by atoms with van der Waals surface area (Å²) in [6.45, 7) is 4.16. The summed E-state index contributed by atoms with van der Waals surface area (Å²) in [7, 11) is 4.57. The molecule has 2 heterocycles. The number of ether oxygens (including phenoxy) is 3. The fourth-order valence-corrected chi connectivity index (χ4v) is 6.61. The van der Waals surface area contributed by atoms with Crippen LogP contribution in [0.1, 0.15) is 44.6 Å². The smallest absolute Gasteiger partial charge is 0.219 e. The number of methoxy groups -OCH3 is 3. The van der Waals surface area contributed by atoms with Crippen LogP contribution in [-0.2, 0) is 4.79 Å². The van der Waals surface area contributed by atoms with Gasteiger partial charge >= 0.3 is 0 Å². The molecule has 2 aromatic rings. The second kappa shape index (κ2) is 10.2. The van der Waals surface area contributed by atoms with Crippen molar-refractivity contribution >= 4 is 34.0 Å². The molecule has 11 heteroatoms. The summed E-state index contributed by atoms with van der Waals surface area (Å²) in [6, 6.07) is 5.79. The highest BCUT2D eigenvalue weighted by Gasteiger charge is 2.43. The first-order valence-corrected chi connectivity index (χ1v) is 12.8. The van der Waals surface area contributed by atoms with E-state index in [9.17, 15) is 10.1 Å². The number of anilines is 1. The van der Waals surface area contributed by atoms with E-state index in [2.05, 4.69) is 30.1 Å². The summed E-state index contributed by atoms with van der Waals surface area (Å²) in [5, 5.41) is 19.8. The summed E-state index contributed by atoms with van der Waals surface area (Å²) >= 11 is 2.99. The van der Waals surface area contributed by atoms with Crippen LogP contribution in [0.15, 0.2) is 39.1 Å². The van der Waals surface area contributed by atoms with Gasteiger partial charge in [-0.3, -0.25) is 9.69 Å². The normalized spacial score (nSPS) is 18.0. The maximum Gasteiger partial charge on any atom is 0.219 e. The molecule has 1 aliphatic heterocycles. The zero-order chi connectivity index (χ0) is 25.3. The number of carbonyl (C=O) groups excluding carboxylic acids is 1. The molecule has 0 saturated carbocycles. The molecule has 184 valence electrons. The van der Waals surface area contributed by atoms with Crippen LogP contribution in [0.2, 0.25) is 0 Å². The largest absolute Gasteiger partial charge is 0.493 e. The number of nitriles is 1. The highest BCUT2D eigenvalue weighted by molar-refractivity contribution is 8.01. The first-order chi connectivity index (χ1) is 16.9. The van der Waals surface area contributed by atoms with Gasteiger partial charge in [-0.1, -0.05) is 43.0 Å². The molecule has 9 nitrogen and oxygen atoms in total. The number of carbonyl (C=O) groups is 1. The SMILES string of the molecule is COc1ccc(C2C(C#N)=C(N)N(c3nnc(SC(C)C)s3)C3=C2C(=O)CCC3)c(OC)c1OC. The Morgan fingerprint density at radius 3 is 2.54 bits per heavy atom. The predicted octanol–water partition coefficient (Wildman–Crippen LogP) is 4.37. The molecule has 4 rings (SSSR count). The molecule has 1 aliphatic carbocycles. The van der Waals surface area contributed by atoms with E-state index in [-0.39, 0.29) is 17.2 Å². The van der Waals surface area contributed by atoms with Crippen molar-refractivity contribution in [2.75, 3.05) is 26.2 Å². The number of aromatic nitrogens is 2. The lowest BCUT2D eigenvalue weighted by atomic mass is 9.75. The van der Waals surface area contributed by atoms with Crippen LogP contribution in [0.25, 0.3) is 0 Å². The number of rotatable bonds is 7. The number of Topliss-reactive ketones (excluding diaryl/α,β-unsaturated/α-hetero) is 1.